The Labute approximate surface area is 208 Å². The third-order valence-electron chi connectivity index (χ3n) is 5.86. The number of para-hydroxylation sites is 1. The number of fused-ring (bicyclic) bond motifs is 1. The number of carbonyl (C=O) groups excluding carboxylic acids is 3. The molecule has 0 aliphatic heterocycles. The van der Waals surface area contributed by atoms with Gasteiger partial charge in [-0.25, -0.2) is 4.79 Å². The van der Waals surface area contributed by atoms with Crippen molar-refractivity contribution in [1.82, 2.24) is 20.9 Å². The number of carbonyl (C=O) groups is 4. The summed E-state index contributed by atoms with van der Waals surface area (Å²) in [6.07, 6.45) is -1.16. The summed E-state index contributed by atoms with van der Waals surface area (Å²) in [6, 6.07) is 1.97. The summed E-state index contributed by atoms with van der Waals surface area (Å²) < 4.78 is 0. The van der Waals surface area contributed by atoms with Crippen LogP contribution < -0.4 is 21.7 Å². The molecule has 12 nitrogen and oxygen atoms in total. The zero-order valence-electron chi connectivity index (χ0n) is 20.7. The van der Waals surface area contributed by atoms with E-state index in [2.05, 4.69) is 20.9 Å². The highest BCUT2D eigenvalue weighted by molar-refractivity contribution is 5.95. The second-order valence-corrected chi connectivity index (χ2v) is 9.19. The van der Waals surface area contributed by atoms with Crippen molar-refractivity contribution < 1.29 is 34.5 Å². The van der Waals surface area contributed by atoms with Crippen molar-refractivity contribution in [2.45, 2.75) is 70.5 Å². The molecular weight excluding hydrogens is 470 g/mol. The fourth-order valence-electron chi connectivity index (χ4n) is 3.59. The Morgan fingerprint density at radius 1 is 0.889 bits per heavy atom. The molecule has 0 fully saturated rings. The molecule has 1 aromatic carbocycles. The summed E-state index contributed by atoms with van der Waals surface area (Å²) in [5, 5.41) is 37.7. The van der Waals surface area contributed by atoms with Crippen molar-refractivity contribution in [3.05, 3.63) is 36.0 Å². The number of nitrogens with two attached hydrogens (primary N) is 1. The van der Waals surface area contributed by atoms with E-state index in [-0.39, 0.29) is 12.3 Å². The molecule has 0 bridgehead atoms. The van der Waals surface area contributed by atoms with Crippen molar-refractivity contribution in [3.63, 3.8) is 0 Å². The zero-order valence-corrected chi connectivity index (χ0v) is 20.7. The van der Waals surface area contributed by atoms with Gasteiger partial charge in [0, 0.05) is 23.5 Å². The highest BCUT2D eigenvalue weighted by Gasteiger charge is 2.34. The summed E-state index contributed by atoms with van der Waals surface area (Å²) in [4.78, 5) is 52.9. The number of aliphatic hydroxyl groups is 2. The summed E-state index contributed by atoms with van der Waals surface area (Å²) in [6.45, 7) is 5.93. The molecule has 6 unspecified atom stereocenters. The van der Waals surface area contributed by atoms with Crippen LogP contribution in [-0.4, -0.2) is 80.4 Å². The van der Waals surface area contributed by atoms with Crippen LogP contribution in [0.15, 0.2) is 30.5 Å². The molecule has 2 aromatic rings. The van der Waals surface area contributed by atoms with Crippen LogP contribution in [0.3, 0.4) is 0 Å². The van der Waals surface area contributed by atoms with Gasteiger partial charge >= 0.3 is 5.97 Å². The molecular formula is C24H35N5O7. The average Bonchev–Trinajstić information content (AvgIpc) is 3.21. The minimum absolute atomic E-state index is 0.0506. The third-order valence-corrected chi connectivity index (χ3v) is 5.86. The van der Waals surface area contributed by atoms with E-state index >= 15 is 0 Å². The number of hydrogen-bond acceptors (Lipinski definition) is 7. The smallest absolute Gasteiger partial charge is 0.326 e. The monoisotopic (exact) mass is 505 g/mol. The van der Waals surface area contributed by atoms with Crippen LogP contribution in [0, 0.1) is 5.92 Å². The number of benzene rings is 1. The first-order valence-electron chi connectivity index (χ1n) is 11.6. The highest BCUT2D eigenvalue weighted by atomic mass is 16.4. The summed E-state index contributed by atoms with van der Waals surface area (Å²) in [7, 11) is 0. The van der Waals surface area contributed by atoms with Gasteiger partial charge in [-0.1, -0.05) is 32.0 Å². The maximum atomic E-state index is 12.9. The first kappa shape index (κ1) is 28.8. The number of hydrogen-bond donors (Lipinski definition) is 8. The lowest BCUT2D eigenvalue weighted by molar-refractivity contribution is -0.143. The van der Waals surface area contributed by atoms with Crippen LogP contribution in [0.2, 0.25) is 0 Å². The number of aliphatic hydroxyl groups excluding tert-OH is 2. The second kappa shape index (κ2) is 12.5. The molecule has 9 N–H and O–H groups in total. The molecule has 3 amide bonds. The number of aromatic amines is 1. The molecule has 1 heterocycles. The van der Waals surface area contributed by atoms with Gasteiger partial charge in [0.05, 0.1) is 18.2 Å². The van der Waals surface area contributed by atoms with Gasteiger partial charge in [-0.15, -0.1) is 0 Å². The number of H-pyrrole nitrogens is 1. The molecule has 0 radical (unpaired) electrons. The van der Waals surface area contributed by atoms with Crippen LogP contribution in [0.25, 0.3) is 10.9 Å². The predicted molar refractivity (Wildman–Crippen MR) is 132 cm³/mol. The largest absolute Gasteiger partial charge is 0.480 e. The van der Waals surface area contributed by atoms with Crippen molar-refractivity contribution in [2.24, 2.45) is 11.7 Å². The molecule has 0 saturated carbocycles. The second-order valence-electron chi connectivity index (χ2n) is 9.19. The van der Waals surface area contributed by atoms with E-state index in [9.17, 15) is 34.5 Å². The lowest BCUT2D eigenvalue weighted by Gasteiger charge is -2.28. The van der Waals surface area contributed by atoms with Gasteiger partial charge in [0.2, 0.25) is 17.7 Å². The third kappa shape index (κ3) is 7.26. The minimum atomic E-state index is -1.56. The number of aromatic nitrogens is 1. The summed E-state index contributed by atoms with van der Waals surface area (Å²) in [5.74, 6) is -4.10. The molecule has 36 heavy (non-hydrogen) atoms. The van der Waals surface area contributed by atoms with Crippen LogP contribution in [-0.2, 0) is 25.6 Å². The average molecular weight is 506 g/mol. The van der Waals surface area contributed by atoms with Gasteiger partial charge in [-0.05, 0) is 31.4 Å². The SMILES string of the molecule is CC(C)C(N)C(=O)NC(C(=O)NC(C(=O)NC(Cc1c[nH]c2ccccc12)C(=O)O)C(C)O)C(C)O. The van der Waals surface area contributed by atoms with Crippen LogP contribution in [0.5, 0.6) is 0 Å². The lowest BCUT2D eigenvalue weighted by Crippen LogP contribution is -2.62. The maximum Gasteiger partial charge on any atom is 0.326 e. The van der Waals surface area contributed by atoms with Crippen molar-refractivity contribution in [1.29, 1.82) is 0 Å². The van der Waals surface area contributed by atoms with Gasteiger partial charge in [0.1, 0.15) is 18.1 Å². The van der Waals surface area contributed by atoms with Crippen LogP contribution in [0.4, 0.5) is 0 Å². The summed E-state index contributed by atoms with van der Waals surface area (Å²) >= 11 is 0. The summed E-state index contributed by atoms with van der Waals surface area (Å²) in [5.41, 5.74) is 7.26. The van der Waals surface area contributed by atoms with E-state index in [4.69, 9.17) is 5.73 Å². The highest BCUT2D eigenvalue weighted by Crippen LogP contribution is 2.19. The Morgan fingerprint density at radius 2 is 1.42 bits per heavy atom. The van der Waals surface area contributed by atoms with Crippen molar-refractivity contribution in [2.75, 3.05) is 0 Å². The quantitative estimate of drug-likeness (QED) is 0.179. The van der Waals surface area contributed by atoms with E-state index in [1.807, 2.05) is 18.2 Å². The Balaban J connectivity index is 2.15. The van der Waals surface area contributed by atoms with E-state index in [0.29, 0.717) is 5.56 Å². The number of carboxylic acid groups (broad SMARTS) is 1. The van der Waals surface area contributed by atoms with Gasteiger partial charge in [0.25, 0.3) is 0 Å². The molecule has 2 rings (SSSR count). The number of aliphatic carboxylic acids is 1. The van der Waals surface area contributed by atoms with E-state index in [0.717, 1.165) is 10.9 Å². The molecule has 198 valence electrons. The molecule has 1 aromatic heterocycles. The van der Waals surface area contributed by atoms with Crippen LogP contribution >= 0.6 is 0 Å². The molecule has 12 heteroatoms. The number of amides is 3. The standard InChI is InChI=1S/C24H35N5O7/c1-11(2)18(25)21(32)28-20(13(4)31)23(34)29-19(12(3)30)22(33)27-17(24(35)36)9-14-10-26-16-8-6-5-7-15(14)16/h5-8,10-13,17-20,26,30-31H,9,25H2,1-4H3,(H,27,33)(H,28,32)(H,29,34)(H,35,36). The van der Waals surface area contributed by atoms with E-state index in [1.54, 1.807) is 26.1 Å². The zero-order chi connectivity index (χ0) is 27.2. The topological polar surface area (TPSA) is 207 Å². The van der Waals surface area contributed by atoms with Crippen molar-refractivity contribution in [3.8, 4) is 0 Å². The van der Waals surface area contributed by atoms with E-state index < -0.39 is 60.1 Å². The van der Waals surface area contributed by atoms with Gasteiger partial charge < -0.3 is 42.0 Å². The number of rotatable bonds is 12. The van der Waals surface area contributed by atoms with Crippen molar-refractivity contribution >= 4 is 34.6 Å². The lowest BCUT2D eigenvalue weighted by atomic mass is 10.0. The van der Waals surface area contributed by atoms with Gasteiger partial charge in [-0.2, -0.15) is 0 Å². The van der Waals surface area contributed by atoms with Gasteiger partial charge in [0.15, 0.2) is 0 Å². The molecule has 6 atom stereocenters. The molecule has 0 aliphatic rings. The Kier molecular flexibility index (Phi) is 9.96. The Bertz CT molecular complexity index is 1080. The van der Waals surface area contributed by atoms with E-state index in [1.165, 1.54) is 13.8 Å². The fraction of sp³-hybridized carbons (Fsp3) is 0.500. The molecule has 0 aliphatic carbocycles. The molecule has 0 saturated heterocycles. The normalized spacial score (nSPS) is 16.4. The predicted octanol–water partition coefficient (Wildman–Crippen LogP) is -1.01. The molecule has 0 spiro atoms. The fourth-order valence-corrected chi connectivity index (χ4v) is 3.59. The number of carboxylic acids is 1. The number of nitrogens with one attached hydrogen (secondary N) is 4. The van der Waals surface area contributed by atoms with Crippen LogP contribution in [0.1, 0.15) is 33.3 Å². The first-order chi connectivity index (χ1) is 16.8. The maximum absolute atomic E-state index is 12.9. The minimum Gasteiger partial charge on any atom is -0.480 e. The first-order valence-corrected chi connectivity index (χ1v) is 11.6. The Hall–Kier alpha value is -3.48. The van der Waals surface area contributed by atoms with Gasteiger partial charge in [-0.3, -0.25) is 14.4 Å². The Morgan fingerprint density at radius 3 is 1.94 bits per heavy atom.